The Hall–Kier alpha value is -2.67. The highest BCUT2D eigenvalue weighted by atomic mass is 32.1. The molecule has 2 rings (SSSR count). The van der Waals surface area contributed by atoms with Gasteiger partial charge in [0.1, 0.15) is 0 Å². The number of nitrogens with zero attached hydrogens (tertiary/aromatic N) is 1. The fraction of sp³-hybridized carbons (Fsp3) is 0.350. The lowest BCUT2D eigenvalue weighted by atomic mass is 10.1. The molecule has 2 aromatic rings. The maximum Gasteiger partial charge on any atom is 0.261 e. The third kappa shape index (κ3) is 6.53. The van der Waals surface area contributed by atoms with Gasteiger partial charge in [-0.15, -0.1) is 11.3 Å². The molecule has 0 bridgehead atoms. The van der Waals surface area contributed by atoms with Crippen molar-refractivity contribution in [2.24, 2.45) is 0 Å². The molecule has 1 heterocycles. The number of rotatable bonds is 9. The number of para-hydroxylation sites is 1. The van der Waals surface area contributed by atoms with E-state index in [1.54, 1.807) is 11.0 Å². The van der Waals surface area contributed by atoms with Crippen LogP contribution in [0.5, 0.6) is 0 Å². The number of carbonyl (C=O) groups excluding carboxylic acids is 3. The van der Waals surface area contributed by atoms with Crippen LogP contribution in [0.15, 0.2) is 41.8 Å². The van der Waals surface area contributed by atoms with Gasteiger partial charge in [-0.1, -0.05) is 24.3 Å². The molecule has 0 atom stereocenters. The van der Waals surface area contributed by atoms with Gasteiger partial charge in [-0.05, 0) is 36.4 Å². The van der Waals surface area contributed by atoms with Gasteiger partial charge in [0.2, 0.25) is 11.8 Å². The molecule has 0 saturated heterocycles. The Bertz CT molecular complexity index is 775. The average Bonchev–Trinajstić information content (AvgIpc) is 3.19. The van der Waals surface area contributed by atoms with E-state index in [1.807, 2.05) is 42.6 Å². The molecule has 1 aromatic heterocycles. The lowest BCUT2D eigenvalue weighted by Gasteiger charge is -2.21. The predicted octanol–water partition coefficient (Wildman–Crippen LogP) is 3.27. The van der Waals surface area contributed by atoms with Crippen LogP contribution in [0.2, 0.25) is 0 Å². The van der Waals surface area contributed by atoms with Crippen LogP contribution in [0.25, 0.3) is 0 Å². The number of hydrogen-bond donors (Lipinski definition) is 2. The molecule has 2 N–H and O–H groups in total. The molecule has 7 heteroatoms. The normalized spacial score (nSPS) is 10.3. The van der Waals surface area contributed by atoms with Crippen LogP contribution in [0.4, 0.5) is 5.69 Å². The summed E-state index contributed by atoms with van der Waals surface area (Å²) < 4.78 is 0. The zero-order valence-corrected chi connectivity index (χ0v) is 16.5. The number of carbonyl (C=O) groups is 3. The molecule has 6 nitrogen and oxygen atoms in total. The SMILES string of the molecule is CCN(Cc1ccccc1NC(=O)CCCNC(=O)c1cccs1)C(C)=O. The molecule has 0 unspecified atom stereocenters. The first-order valence-electron chi connectivity index (χ1n) is 8.96. The molecule has 0 saturated carbocycles. The number of benzene rings is 1. The second-order valence-electron chi connectivity index (χ2n) is 6.08. The first kappa shape index (κ1) is 20.6. The van der Waals surface area contributed by atoms with E-state index >= 15 is 0 Å². The van der Waals surface area contributed by atoms with Crippen LogP contribution in [0.1, 0.15) is 41.9 Å². The Morgan fingerprint density at radius 1 is 1.11 bits per heavy atom. The van der Waals surface area contributed by atoms with E-state index in [2.05, 4.69) is 10.6 Å². The highest BCUT2D eigenvalue weighted by molar-refractivity contribution is 7.12. The van der Waals surface area contributed by atoms with E-state index in [0.29, 0.717) is 43.0 Å². The smallest absolute Gasteiger partial charge is 0.261 e. The van der Waals surface area contributed by atoms with E-state index in [-0.39, 0.29) is 17.7 Å². The Kier molecular flexibility index (Phi) is 8.00. The van der Waals surface area contributed by atoms with Gasteiger partial charge in [-0.3, -0.25) is 14.4 Å². The number of nitrogens with one attached hydrogen (secondary N) is 2. The topological polar surface area (TPSA) is 78.5 Å². The van der Waals surface area contributed by atoms with Crippen molar-refractivity contribution in [1.29, 1.82) is 0 Å². The molecule has 0 spiro atoms. The highest BCUT2D eigenvalue weighted by Gasteiger charge is 2.12. The van der Waals surface area contributed by atoms with Gasteiger partial charge in [0.25, 0.3) is 5.91 Å². The summed E-state index contributed by atoms with van der Waals surface area (Å²) in [6.45, 7) is 4.97. The quantitative estimate of drug-likeness (QED) is 0.648. The van der Waals surface area contributed by atoms with Crippen LogP contribution in [-0.4, -0.2) is 35.7 Å². The molecular weight excluding hydrogens is 362 g/mol. The summed E-state index contributed by atoms with van der Waals surface area (Å²) in [7, 11) is 0. The van der Waals surface area contributed by atoms with E-state index in [9.17, 15) is 14.4 Å². The minimum absolute atomic E-state index is 0.000104. The second kappa shape index (κ2) is 10.5. The van der Waals surface area contributed by atoms with Crippen LogP contribution >= 0.6 is 11.3 Å². The number of thiophene rings is 1. The fourth-order valence-electron chi connectivity index (χ4n) is 2.59. The summed E-state index contributed by atoms with van der Waals surface area (Å²) in [5.41, 5.74) is 1.61. The van der Waals surface area contributed by atoms with Crippen molar-refractivity contribution in [3.63, 3.8) is 0 Å². The van der Waals surface area contributed by atoms with Gasteiger partial charge in [-0.2, -0.15) is 0 Å². The van der Waals surface area contributed by atoms with Crippen LogP contribution < -0.4 is 10.6 Å². The fourth-order valence-corrected chi connectivity index (χ4v) is 3.23. The number of hydrogen-bond acceptors (Lipinski definition) is 4. The largest absolute Gasteiger partial charge is 0.351 e. The standard InChI is InChI=1S/C20H25N3O3S/c1-3-23(15(2)24)14-16-8-4-5-9-17(16)22-19(25)11-6-12-21-20(26)18-10-7-13-27-18/h4-5,7-10,13H,3,6,11-12,14H2,1-2H3,(H,21,26)(H,22,25). The predicted molar refractivity (Wildman–Crippen MR) is 108 cm³/mol. The van der Waals surface area contributed by atoms with Crippen molar-refractivity contribution < 1.29 is 14.4 Å². The Labute approximate surface area is 163 Å². The third-order valence-corrected chi connectivity index (χ3v) is 4.96. The third-order valence-electron chi connectivity index (χ3n) is 4.09. The Morgan fingerprint density at radius 3 is 2.56 bits per heavy atom. The highest BCUT2D eigenvalue weighted by Crippen LogP contribution is 2.18. The van der Waals surface area contributed by atoms with Crippen LogP contribution in [-0.2, 0) is 16.1 Å². The lowest BCUT2D eigenvalue weighted by molar-refractivity contribution is -0.129. The minimum atomic E-state index is -0.112. The molecule has 144 valence electrons. The Balaban J connectivity index is 1.81. The molecule has 0 radical (unpaired) electrons. The summed E-state index contributed by atoms with van der Waals surface area (Å²) in [5, 5.41) is 7.57. The van der Waals surface area contributed by atoms with Crippen molar-refractivity contribution in [2.75, 3.05) is 18.4 Å². The van der Waals surface area contributed by atoms with Crippen LogP contribution in [0, 0.1) is 0 Å². The van der Waals surface area contributed by atoms with Crippen molar-refractivity contribution >= 4 is 34.7 Å². The van der Waals surface area contributed by atoms with Gasteiger partial charge in [0.05, 0.1) is 4.88 Å². The van der Waals surface area contributed by atoms with Gasteiger partial charge in [0.15, 0.2) is 0 Å². The summed E-state index contributed by atoms with van der Waals surface area (Å²) in [6, 6.07) is 11.1. The van der Waals surface area contributed by atoms with Gasteiger partial charge in [0, 0.05) is 38.7 Å². The van der Waals surface area contributed by atoms with E-state index in [1.165, 1.54) is 18.3 Å². The van der Waals surface area contributed by atoms with Gasteiger partial charge < -0.3 is 15.5 Å². The molecule has 1 aromatic carbocycles. The first-order valence-corrected chi connectivity index (χ1v) is 9.84. The van der Waals surface area contributed by atoms with Crippen molar-refractivity contribution in [3.05, 3.63) is 52.2 Å². The summed E-state index contributed by atoms with van der Waals surface area (Å²) >= 11 is 1.39. The van der Waals surface area contributed by atoms with E-state index in [4.69, 9.17) is 0 Å². The maximum absolute atomic E-state index is 12.2. The van der Waals surface area contributed by atoms with Gasteiger partial charge >= 0.3 is 0 Å². The van der Waals surface area contributed by atoms with Crippen molar-refractivity contribution in [2.45, 2.75) is 33.2 Å². The van der Waals surface area contributed by atoms with Crippen molar-refractivity contribution in [1.82, 2.24) is 10.2 Å². The summed E-state index contributed by atoms with van der Waals surface area (Å²) in [6.07, 6.45) is 0.864. The molecular formula is C20H25N3O3S. The zero-order chi connectivity index (χ0) is 19.6. The molecule has 27 heavy (non-hydrogen) atoms. The van der Waals surface area contributed by atoms with Crippen molar-refractivity contribution in [3.8, 4) is 0 Å². The molecule has 0 aliphatic heterocycles. The van der Waals surface area contributed by atoms with Gasteiger partial charge in [-0.25, -0.2) is 0 Å². The molecule has 3 amide bonds. The maximum atomic E-state index is 12.2. The first-order chi connectivity index (χ1) is 13.0. The minimum Gasteiger partial charge on any atom is -0.351 e. The summed E-state index contributed by atoms with van der Waals surface area (Å²) in [5.74, 6) is -0.224. The zero-order valence-electron chi connectivity index (χ0n) is 15.7. The molecule has 0 aliphatic rings. The van der Waals surface area contributed by atoms with Crippen LogP contribution in [0.3, 0.4) is 0 Å². The van der Waals surface area contributed by atoms with E-state index in [0.717, 1.165) is 5.56 Å². The Morgan fingerprint density at radius 2 is 1.89 bits per heavy atom. The monoisotopic (exact) mass is 387 g/mol. The number of anilines is 1. The average molecular weight is 388 g/mol. The van der Waals surface area contributed by atoms with E-state index < -0.39 is 0 Å². The second-order valence-corrected chi connectivity index (χ2v) is 7.02. The summed E-state index contributed by atoms with van der Waals surface area (Å²) in [4.78, 5) is 38.1. The molecule has 0 aliphatic carbocycles. The lowest BCUT2D eigenvalue weighted by Crippen LogP contribution is -2.28. The number of amides is 3. The molecule has 0 fully saturated rings.